The average Bonchev–Trinajstić information content (AvgIpc) is 2.72. The second-order valence-electron chi connectivity index (χ2n) is 5.91. The molecular weight excluding hydrogens is 248 g/mol. The fourth-order valence-corrected chi connectivity index (χ4v) is 3.01. The average molecular weight is 272 g/mol. The molecule has 4 nitrogen and oxygen atoms in total. The van der Waals surface area contributed by atoms with Crippen LogP contribution in [0.5, 0.6) is 0 Å². The summed E-state index contributed by atoms with van der Waals surface area (Å²) in [4.78, 5) is 25.9. The van der Waals surface area contributed by atoms with E-state index in [0.29, 0.717) is 24.6 Å². The van der Waals surface area contributed by atoms with Crippen LogP contribution in [0, 0.1) is 5.41 Å². The molecule has 0 bridgehead atoms. The Kier molecular flexibility index (Phi) is 5.50. The number of carbonyl (C=O) groups excluding carboxylic acids is 2. The van der Waals surface area contributed by atoms with E-state index in [0.717, 1.165) is 6.42 Å². The number of nitrogens with zero attached hydrogens (tertiary/aromatic N) is 1. The minimum Gasteiger partial charge on any atom is -0.354 e. The molecule has 0 spiro atoms. The first-order chi connectivity index (χ1) is 8.35. The third-order valence-electron chi connectivity index (χ3n) is 2.74. The molecule has 104 valence electrons. The summed E-state index contributed by atoms with van der Waals surface area (Å²) in [6, 6.07) is -0.281. The molecule has 1 aliphatic rings. The van der Waals surface area contributed by atoms with Crippen LogP contribution in [0.25, 0.3) is 0 Å². The van der Waals surface area contributed by atoms with Crippen molar-refractivity contribution in [1.29, 1.82) is 0 Å². The molecule has 1 unspecified atom stereocenters. The molecule has 0 aromatic heterocycles. The van der Waals surface area contributed by atoms with Crippen molar-refractivity contribution in [3.63, 3.8) is 0 Å². The maximum absolute atomic E-state index is 12.2. The van der Waals surface area contributed by atoms with Crippen LogP contribution in [0.3, 0.4) is 0 Å². The Morgan fingerprint density at radius 2 is 2.06 bits per heavy atom. The van der Waals surface area contributed by atoms with Crippen LogP contribution in [-0.2, 0) is 9.59 Å². The summed E-state index contributed by atoms with van der Waals surface area (Å²) in [5.41, 5.74) is -0.0330. The van der Waals surface area contributed by atoms with Gasteiger partial charge in [-0.3, -0.25) is 9.59 Å². The first-order valence-electron chi connectivity index (χ1n) is 6.50. The number of carbonyl (C=O) groups is 2. The molecular formula is C13H24N2O2S. The number of rotatable bonds is 4. The van der Waals surface area contributed by atoms with Gasteiger partial charge >= 0.3 is 0 Å². The highest BCUT2D eigenvalue weighted by Crippen LogP contribution is 2.26. The Morgan fingerprint density at radius 1 is 1.39 bits per heavy atom. The van der Waals surface area contributed by atoms with E-state index in [1.54, 1.807) is 16.7 Å². The predicted molar refractivity (Wildman–Crippen MR) is 75.3 cm³/mol. The maximum atomic E-state index is 12.2. The Hall–Kier alpha value is -0.710. The highest BCUT2D eigenvalue weighted by Gasteiger charge is 2.35. The van der Waals surface area contributed by atoms with Crippen molar-refractivity contribution in [3.05, 3.63) is 0 Å². The van der Waals surface area contributed by atoms with Crippen molar-refractivity contribution in [1.82, 2.24) is 10.2 Å². The molecule has 1 heterocycles. The molecule has 2 amide bonds. The van der Waals surface area contributed by atoms with Crippen LogP contribution in [0.15, 0.2) is 0 Å². The van der Waals surface area contributed by atoms with Gasteiger partial charge in [0.05, 0.1) is 5.88 Å². The van der Waals surface area contributed by atoms with Gasteiger partial charge in [-0.05, 0) is 11.8 Å². The highest BCUT2D eigenvalue weighted by molar-refractivity contribution is 7.99. The van der Waals surface area contributed by atoms with Crippen molar-refractivity contribution in [2.24, 2.45) is 5.41 Å². The number of nitrogens with one attached hydrogen (secondary N) is 1. The smallest absolute Gasteiger partial charge is 0.243 e. The van der Waals surface area contributed by atoms with Gasteiger partial charge in [-0.2, -0.15) is 0 Å². The molecule has 1 fully saturated rings. The molecule has 0 radical (unpaired) electrons. The van der Waals surface area contributed by atoms with E-state index in [-0.39, 0.29) is 23.3 Å². The number of hydrogen-bond acceptors (Lipinski definition) is 3. The zero-order valence-corrected chi connectivity index (χ0v) is 12.6. The SMILES string of the molecule is CCCNC(=O)C1CSCN1C(=O)CC(C)(C)C. The van der Waals surface area contributed by atoms with Crippen LogP contribution in [0.2, 0.25) is 0 Å². The monoisotopic (exact) mass is 272 g/mol. The largest absolute Gasteiger partial charge is 0.354 e. The number of amides is 2. The molecule has 0 saturated carbocycles. The molecule has 1 atom stereocenters. The minimum absolute atomic E-state index is 0.0101. The van der Waals surface area contributed by atoms with Gasteiger partial charge in [-0.1, -0.05) is 27.7 Å². The lowest BCUT2D eigenvalue weighted by atomic mass is 9.91. The van der Waals surface area contributed by atoms with Crippen LogP contribution in [-0.4, -0.2) is 40.9 Å². The quantitative estimate of drug-likeness (QED) is 0.849. The lowest BCUT2D eigenvalue weighted by Gasteiger charge is -2.26. The van der Waals surface area contributed by atoms with Crippen molar-refractivity contribution < 1.29 is 9.59 Å². The molecule has 0 aromatic rings. The topological polar surface area (TPSA) is 49.4 Å². The Balaban J connectivity index is 2.59. The van der Waals surface area contributed by atoms with Crippen molar-refractivity contribution in [2.75, 3.05) is 18.2 Å². The Morgan fingerprint density at radius 3 is 2.61 bits per heavy atom. The summed E-state index contributed by atoms with van der Waals surface area (Å²) in [6.45, 7) is 8.83. The molecule has 0 aromatic carbocycles. The van der Waals surface area contributed by atoms with E-state index in [2.05, 4.69) is 5.32 Å². The number of hydrogen-bond donors (Lipinski definition) is 1. The molecule has 5 heteroatoms. The summed E-state index contributed by atoms with van der Waals surface area (Å²) < 4.78 is 0. The van der Waals surface area contributed by atoms with Gasteiger partial charge in [0.2, 0.25) is 11.8 Å². The summed E-state index contributed by atoms with van der Waals surface area (Å²) in [5, 5.41) is 2.88. The van der Waals surface area contributed by atoms with Crippen LogP contribution < -0.4 is 5.32 Å². The lowest BCUT2D eigenvalue weighted by Crippen LogP contribution is -2.48. The fourth-order valence-electron chi connectivity index (χ4n) is 1.83. The first-order valence-corrected chi connectivity index (χ1v) is 7.65. The van der Waals surface area contributed by atoms with E-state index in [1.165, 1.54) is 0 Å². The number of thioether (sulfide) groups is 1. The van der Waals surface area contributed by atoms with E-state index in [4.69, 9.17) is 0 Å². The maximum Gasteiger partial charge on any atom is 0.243 e. The van der Waals surface area contributed by atoms with Gasteiger partial charge in [-0.15, -0.1) is 11.8 Å². The summed E-state index contributed by atoms with van der Waals surface area (Å²) >= 11 is 1.65. The zero-order valence-electron chi connectivity index (χ0n) is 11.8. The van der Waals surface area contributed by atoms with E-state index in [9.17, 15) is 9.59 Å². The van der Waals surface area contributed by atoms with Gasteiger partial charge < -0.3 is 10.2 Å². The van der Waals surface area contributed by atoms with Crippen molar-refractivity contribution in [2.45, 2.75) is 46.6 Å². The molecule has 1 rings (SSSR count). The summed E-state index contributed by atoms with van der Waals surface area (Å²) in [6.07, 6.45) is 1.41. The second-order valence-corrected chi connectivity index (χ2v) is 6.91. The molecule has 18 heavy (non-hydrogen) atoms. The van der Waals surface area contributed by atoms with Crippen molar-refractivity contribution >= 4 is 23.6 Å². The molecule has 1 saturated heterocycles. The zero-order chi connectivity index (χ0) is 13.8. The summed E-state index contributed by atoms with van der Waals surface area (Å²) in [7, 11) is 0. The van der Waals surface area contributed by atoms with Gasteiger partial charge in [-0.25, -0.2) is 0 Å². The second kappa shape index (κ2) is 6.45. The van der Waals surface area contributed by atoms with Gasteiger partial charge in [0, 0.05) is 18.7 Å². The van der Waals surface area contributed by atoms with Crippen molar-refractivity contribution in [3.8, 4) is 0 Å². The Bertz CT molecular complexity index is 313. The standard InChI is InChI=1S/C13H24N2O2S/c1-5-6-14-12(17)10-8-18-9-15(10)11(16)7-13(2,3)4/h10H,5-9H2,1-4H3,(H,14,17). The van der Waals surface area contributed by atoms with Crippen LogP contribution in [0.1, 0.15) is 40.5 Å². The van der Waals surface area contributed by atoms with E-state index < -0.39 is 0 Å². The van der Waals surface area contributed by atoms with E-state index >= 15 is 0 Å². The van der Waals surface area contributed by atoms with Crippen LogP contribution in [0.4, 0.5) is 0 Å². The fraction of sp³-hybridized carbons (Fsp3) is 0.846. The minimum atomic E-state index is -0.281. The predicted octanol–water partition coefficient (Wildman–Crippen LogP) is 1.85. The third kappa shape index (κ3) is 4.52. The lowest BCUT2D eigenvalue weighted by molar-refractivity contribution is -0.139. The Labute approximate surface area is 114 Å². The summed E-state index contributed by atoms with van der Waals surface area (Å²) in [5.74, 6) is 1.43. The molecule has 0 aliphatic carbocycles. The molecule has 1 aliphatic heterocycles. The first kappa shape index (κ1) is 15.3. The third-order valence-corrected chi connectivity index (χ3v) is 3.75. The normalized spacial score (nSPS) is 20.0. The van der Waals surface area contributed by atoms with E-state index in [1.807, 2.05) is 27.7 Å². The highest BCUT2D eigenvalue weighted by atomic mass is 32.2. The van der Waals surface area contributed by atoms with Crippen LogP contribution >= 0.6 is 11.8 Å². The van der Waals surface area contributed by atoms with Gasteiger partial charge in [0.15, 0.2) is 0 Å². The van der Waals surface area contributed by atoms with Gasteiger partial charge in [0.1, 0.15) is 6.04 Å². The molecule has 1 N–H and O–H groups in total. The van der Waals surface area contributed by atoms with Gasteiger partial charge in [0.25, 0.3) is 0 Å².